The minimum atomic E-state index is -0.848. The van der Waals surface area contributed by atoms with Crippen molar-refractivity contribution < 1.29 is 24.5 Å². The maximum atomic E-state index is 12.5. The van der Waals surface area contributed by atoms with E-state index in [1.807, 2.05) is 6.08 Å². The topological polar surface area (TPSA) is 95.9 Å². The van der Waals surface area contributed by atoms with Crippen LogP contribution in [0.15, 0.2) is 12.2 Å². The Balaban J connectivity index is 3.41. The molecule has 0 aliphatic carbocycles. The van der Waals surface area contributed by atoms with E-state index < -0.39 is 12.1 Å². The predicted octanol–water partition coefficient (Wildman–Crippen LogP) is 22.4. The molecule has 0 aliphatic heterocycles. The van der Waals surface area contributed by atoms with Gasteiger partial charge in [0.2, 0.25) is 5.91 Å². The Kier molecular flexibility index (Phi) is 64.9. The fraction of sp³-hybridized carbons (Fsp3) is 0.943. The van der Waals surface area contributed by atoms with Gasteiger partial charge in [0, 0.05) is 12.8 Å². The molecule has 0 aliphatic rings. The molecule has 0 rings (SSSR count). The second kappa shape index (κ2) is 66.1. The zero-order valence-corrected chi connectivity index (χ0v) is 51.8. The molecule has 0 radical (unpaired) electrons. The van der Waals surface area contributed by atoms with Gasteiger partial charge >= 0.3 is 5.97 Å². The number of amides is 1. The summed E-state index contributed by atoms with van der Waals surface area (Å²) in [6, 6.07) is -0.632. The van der Waals surface area contributed by atoms with Crippen LogP contribution in [0.3, 0.4) is 0 Å². The number of aliphatic hydroxyl groups excluding tert-OH is 2. The van der Waals surface area contributed by atoms with Gasteiger partial charge in [0.15, 0.2) is 0 Å². The van der Waals surface area contributed by atoms with Crippen LogP contribution < -0.4 is 5.32 Å². The van der Waals surface area contributed by atoms with Crippen LogP contribution in [0.4, 0.5) is 0 Å². The molecule has 452 valence electrons. The molecule has 3 N–H and O–H groups in total. The fourth-order valence-electron chi connectivity index (χ4n) is 11.2. The highest BCUT2D eigenvalue weighted by atomic mass is 16.5. The zero-order valence-electron chi connectivity index (χ0n) is 51.8. The van der Waals surface area contributed by atoms with Crippen molar-refractivity contribution in [1.29, 1.82) is 0 Å². The van der Waals surface area contributed by atoms with Crippen LogP contribution >= 0.6 is 0 Å². The molecule has 76 heavy (non-hydrogen) atoms. The molecule has 0 spiro atoms. The molecule has 0 saturated heterocycles. The number of carbonyl (C=O) groups is 2. The lowest BCUT2D eigenvalue weighted by Crippen LogP contribution is -2.45. The maximum absolute atomic E-state index is 12.5. The molecule has 0 fully saturated rings. The molecule has 0 aromatic heterocycles. The molecular formula is C70H137NO5. The number of carbonyl (C=O) groups excluding carboxylic acids is 2. The second-order valence-corrected chi connectivity index (χ2v) is 24.2. The van der Waals surface area contributed by atoms with E-state index in [1.54, 1.807) is 6.08 Å². The van der Waals surface area contributed by atoms with Gasteiger partial charge in [-0.25, -0.2) is 0 Å². The highest BCUT2D eigenvalue weighted by molar-refractivity contribution is 5.76. The Bertz CT molecular complexity index is 1140. The number of esters is 1. The van der Waals surface area contributed by atoms with Crippen molar-refractivity contribution in [2.45, 2.75) is 411 Å². The normalized spacial score (nSPS) is 12.5. The first kappa shape index (κ1) is 74.6. The number of allylic oxidation sites excluding steroid dienone is 1. The van der Waals surface area contributed by atoms with Crippen LogP contribution in [0.25, 0.3) is 0 Å². The first-order valence-electron chi connectivity index (χ1n) is 35.0. The van der Waals surface area contributed by atoms with Crippen molar-refractivity contribution in [3.63, 3.8) is 0 Å². The average Bonchev–Trinajstić information content (AvgIpc) is 3.42. The highest BCUT2D eigenvalue weighted by Gasteiger charge is 2.18. The number of unbranched alkanes of at least 4 members (excludes halogenated alkanes) is 55. The zero-order chi connectivity index (χ0) is 55.0. The molecule has 0 aromatic carbocycles. The quantitative estimate of drug-likeness (QED) is 0.0320. The van der Waals surface area contributed by atoms with E-state index in [2.05, 4.69) is 19.2 Å². The predicted molar refractivity (Wildman–Crippen MR) is 333 cm³/mol. The molecule has 6 nitrogen and oxygen atoms in total. The second-order valence-electron chi connectivity index (χ2n) is 24.2. The monoisotopic (exact) mass is 1070 g/mol. The smallest absolute Gasteiger partial charge is 0.305 e. The SMILES string of the molecule is CCCCCCCCCCCCCCCCCCCCCCC/C=C/C(O)C(CO)NC(=O)CCCCCCCCCCCCCCCCCCCCOC(=O)CCCCCCCCCCCCCCCCCCCC. The van der Waals surface area contributed by atoms with Crippen molar-refractivity contribution in [1.82, 2.24) is 5.32 Å². The summed E-state index contributed by atoms with van der Waals surface area (Å²) in [5, 5.41) is 23.3. The van der Waals surface area contributed by atoms with Crippen LogP contribution in [0, 0.1) is 0 Å². The van der Waals surface area contributed by atoms with Crippen LogP contribution in [-0.2, 0) is 14.3 Å². The summed E-state index contributed by atoms with van der Waals surface area (Å²) in [7, 11) is 0. The van der Waals surface area contributed by atoms with E-state index in [9.17, 15) is 19.8 Å². The summed E-state index contributed by atoms with van der Waals surface area (Å²) in [5.41, 5.74) is 0. The van der Waals surface area contributed by atoms with Gasteiger partial charge in [-0.15, -0.1) is 0 Å². The van der Waals surface area contributed by atoms with E-state index >= 15 is 0 Å². The first-order chi connectivity index (χ1) is 37.5. The molecule has 0 bridgehead atoms. The largest absolute Gasteiger partial charge is 0.466 e. The van der Waals surface area contributed by atoms with Gasteiger partial charge in [0.25, 0.3) is 0 Å². The fourth-order valence-corrected chi connectivity index (χ4v) is 11.2. The number of hydrogen-bond acceptors (Lipinski definition) is 5. The number of rotatable bonds is 66. The van der Waals surface area contributed by atoms with Gasteiger partial charge in [0.05, 0.1) is 25.4 Å². The highest BCUT2D eigenvalue weighted by Crippen LogP contribution is 2.19. The Morgan fingerprint density at radius 3 is 0.895 bits per heavy atom. The third-order valence-corrected chi connectivity index (χ3v) is 16.6. The minimum absolute atomic E-state index is 0.0122. The van der Waals surface area contributed by atoms with Crippen LogP contribution in [0.1, 0.15) is 399 Å². The summed E-state index contributed by atoms with van der Waals surface area (Å²) in [5.74, 6) is -0.0547. The van der Waals surface area contributed by atoms with Gasteiger partial charge in [-0.3, -0.25) is 9.59 Å². The van der Waals surface area contributed by atoms with E-state index in [4.69, 9.17) is 4.74 Å². The van der Waals surface area contributed by atoms with Gasteiger partial charge in [-0.05, 0) is 32.1 Å². The number of hydrogen-bond donors (Lipinski definition) is 3. The van der Waals surface area contributed by atoms with E-state index in [0.717, 1.165) is 38.5 Å². The maximum Gasteiger partial charge on any atom is 0.305 e. The Morgan fingerprint density at radius 2 is 0.605 bits per heavy atom. The van der Waals surface area contributed by atoms with Gasteiger partial charge in [-0.2, -0.15) is 0 Å². The van der Waals surface area contributed by atoms with E-state index in [-0.39, 0.29) is 18.5 Å². The third kappa shape index (κ3) is 61.8. The number of nitrogens with one attached hydrogen (secondary N) is 1. The van der Waals surface area contributed by atoms with Gasteiger partial charge < -0.3 is 20.3 Å². The van der Waals surface area contributed by atoms with E-state index in [0.29, 0.717) is 19.4 Å². The molecule has 2 unspecified atom stereocenters. The van der Waals surface area contributed by atoms with Crippen molar-refractivity contribution in [3.8, 4) is 0 Å². The molecule has 2 atom stereocenters. The molecule has 1 amide bonds. The summed E-state index contributed by atoms with van der Waals surface area (Å²) in [4.78, 5) is 24.6. The number of ether oxygens (including phenoxy) is 1. The first-order valence-corrected chi connectivity index (χ1v) is 35.0. The molecule has 0 saturated carbocycles. The third-order valence-electron chi connectivity index (χ3n) is 16.6. The Hall–Kier alpha value is -1.40. The van der Waals surface area contributed by atoms with Crippen LogP contribution in [0.5, 0.6) is 0 Å². The summed E-state index contributed by atoms with van der Waals surface area (Å²) in [6.45, 7) is 4.95. The molecule has 6 heteroatoms. The summed E-state index contributed by atoms with van der Waals surface area (Å²) < 4.78 is 5.51. The summed E-state index contributed by atoms with van der Waals surface area (Å²) >= 11 is 0. The Labute approximate surface area is 476 Å². The summed E-state index contributed by atoms with van der Waals surface area (Å²) in [6.07, 6.45) is 81.3. The van der Waals surface area contributed by atoms with Crippen molar-refractivity contribution in [3.05, 3.63) is 12.2 Å². The Morgan fingerprint density at radius 1 is 0.355 bits per heavy atom. The lowest BCUT2D eigenvalue weighted by atomic mass is 10.0. The van der Waals surface area contributed by atoms with E-state index in [1.165, 1.54) is 334 Å². The van der Waals surface area contributed by atoms with Crippen molar-refractivity contribution in [2.24, 2.45) is 0 Å². The van der Waals surface area contributed by atoms with Gasteiger partial charge in [-0.1, -0.05) is 366 Å². The molecule has 0 heterocycles. The lowest BCUT2D eigenvalue weighted by molar-refractivity contribution is -0.143. The number of aliphatic hydroxyl groups is 2. The standard InChI is InChI=1S/C70H137NO5/c1-3-5-7-9-11-13-15-17-19-21-23-24-25-26-27-30-34-38-42-46-50-54-58-62-68(73)67(66-72)71-69(74)63-59-55-51-47-43-39-35-31-28-29-33-37-41-45-49-53-57-61-65-76-70(75)64-60-56-52-48-44-40-36-32-22-20-18-16-14-12-10-8-6-4-2/h58,62,67-68,72-73H,3-57,59-61,63-66H2,1-2H3,(H,71,74)/b62-58+. The lowest BCUT2D eigenvalue weighted by Gasteiger charge is -2.20. The minimum Gasteiger partial charge on any atom is -0.466 e. The molecular weight excluding hydrogens is 935 g/mol. The average molecular weight is 1070 g/mol. The van der Waals surface area contributed by atoms with Crippen molar-refractivity contribution >= 4 is 11.9 Å². The van der Waals surface area contributed by atoms with Crippen molar-refractivity contribution in [2.75, 3.05) is 13.2 Å². The van der Waals surface area contributed by atoms with Crippen LogP contribution in [0.2, 0.25) is 0 Å². The van der Waals surface area contributed by atoms with Gasteiger partial charge in [0.1, 0.15) is 0 Å². The molecule has 0 aromatic rings. The van der Waals surface area contributed by atoms with Crippen LogP contribution in [-0.4, -0.2) is 47.4 Å².